The molecule has 0 aromatic rings. The summed E-state index contributed by atoms with van der Waals surface area (Å²) >= 11 is 4.00. The molecule has 0 aromatic heterocycles. The molecule has 0 bridgehead atoms. The van der Waals surface area contributed by atoms with Crippen molar-refractivity contribution in [1.29, 1.82) is 0 Å². The zero-order valence-electron chi connectivity index (χ0n) is 11.4. The number of thioether (sulfide) groups is 2. The van der Waals surface area contributed by atoms with Crippen LogP contribution >= 0.6 is 23.5 Å². The third-order valence-corrected chi connectivity index (χ3v) is 4.56. The van der Waals surface area contributed by atoms with Gasteiger partial charge in [0.1, 0.15) is 0 Å². The van der Waals surface area contributed by atoms with E-state index in [1.165, 1.54) is 17.9 Å². The molecule has 2 nitrogen and oxygen atoms in total. The second-order valence-corrected chi connectivity index (χ2v) is 6.65. The van der Waals surface area contributed by atoms with E-state index in [4.69, 9.17) is 0 Å². The van der Waals surface area contributed by atoms with Gasteiger partial charge < -0.3 is 9.90 Å². The van der Waals surface area contributed by atoms with Gasteiger partial charge in [0.05, 0.1) is 0 Å². The fourth-order valence-corrected chi connectivity index (χ4v) is 3.53. The Morgan fingerprint density at radius 3 is 2.41 bits per heavy atom. The molecule has 0 N–H and O–H groups in total. The molecule has 0 spiro atoms. The maximum absolute atomic E-state index is 10.3. The topological polar surface area (TPSA) is 40.1 Å². The summed E-state index contributed by atoms with van der Waals surface area (Å²) < 4.78 is 0. The van der Waals surface area contributed by atoms with E-state index < -0.39 is 5.97 Å². The Balaban J connectivity index is 0. The van der Waals surface area contributed by atoms with Gasteiger partial charge in [-0.3, -0.25) is 0 Å². The third-order valence-electron chi connectivity index (χ3n) is 2.35. The summed E-state index contributed by atoms with van der Waals surface area (Å²) in [5, 5.41) is 11.0. The van der Waals surface area contributed by atoms with E-state index in [0.717, 1.165) is 25.0 Å². The standard InChI is InChI=1S/C12H24O2S2.Na/c1-3-15-10-9-11(16-4-2)7-5-6-8-12(13)14;/h11H,3-10H2,1-2H3,(H,13,14);/q;+1/p-1. The number of carboxylic acid groups (broad SMARTS) is 1. The van der Waals surface area contributed by atoms with Gasteiger partial charge in [-0.1, -0.05) is 20.3 Å². The molecule has 0 aliphatic heterocycles. The number of unbranched alkanes of at least 4 members (excludes halogenated alkanes) is 1. The maximum Gasteiger partial charge on any atom is 1.00 e. The van der Waals surface area contributed by atoms with Crippen molar-refractivity contribution in [3.05, 3.63) is 0 Å². The number of hydrogen-bond acceptors (Lipinski definition) is 4. The van der Waals surface area contributed by atoms with Crippen molar-refractivity contribution in [1.82, 2.24) is 0 Å². The van der Waals surface area contributed by atoms with E-state index in [9.17, 15) is 9.90 Å². The summed E-state index contributed by atoms with van der Waals surface area (Å²) in [5.74, 6) is 2.66. The molecule has 0 heterocycles. The van der Waals surface area contributed by atoms with Crippen LogP contribution in [0.15, 0.2) is 0 Å². The summed E-state index contributed by atoms with van der Waals surface area (Å²) in [6.07, 6.45) is 4.40. The number of carbonyl (C=O) groups is 1. The minimum absolute atomic E-state index is 0. The molecule has 0 saturated heterocycles. The fourth-order valence-electron chi connectivity index (χ4n) is 1.55. The first-order chi connectivity index (χ1) is 7.70. The van der Waals surface area contributed by atoms with E-state index >= 15 is 0 Å². The van der Waals surface area contributed by atoms with Crippen LogP contribution in [0, 0.1) is 0 Å². The number of carboxylic acids is 1. The summed E-state index contributed by atoms with van der Waals surface area (Å²) in [6.45, 7) is 4.37. The number of hydrogen-bond donors (Lipinski definition) is 0. The molecule has 96 valence electrons. The Bertz CT molecular complexity index is 180. The molecule has 0 amide bonds. The van der Waals surface area contributed by atoms with Crippen molar-refractivity contribution in [3.8, 4) is 0 Å². The van der Waals surface area contributed by atoms with Gasteiger partial charge in [-0.15, -0.1) is 0 Å². The molecular weight excluding hydrogens is 263 g/mol. The molecule has 17 heavy (non-hydrogen) atoms. The molecule has 0 saturated carbocycles. The zero-order chi connectivity index (χ0) is 12.2. The first kappa shape index (κ1) is 20.5. The zero-order valence-corrected chi connectivity index (χ0v) is 15.0. The van der Waals surface area contributed by atoms with Gasteiger partial charge in [-0.25, -0.2) is 0 Å². The number of carbonyl (C=O) groups excluding carboxylic acids is 1. The summed E-state index contributed by atoms with van der Waals surface area (Å²) in [7, 11) is 0. The minimum atomic E-state index is -0.916. The van der Waals surface area contributed by atoms with E-state index in [1.807, 2.05) is 23.5 Å². The number of aliphatic carboxylic acids is 1. The van der Waals surface area contributed by atoms with Crippen molar-refractivity contribution in [2.75, 3.05) is 17.3 Å². The SMILES string of the molecule is CCSCCC(CCCCC(=O)[O-])SCC.[Na+]. The second-order valence-electron chi connectivity index (χ2n) is 3.68. The van der Waals surface area contributed by atoms with Crippen LogP contribution < -0.4 is 34.7 Å². The van der Waals surface area contributed by atoms with Crippen LogP contribution in [-0.2, 0) is 4.79 Å². The van der Waals surface area contributed by atoms with Crippen LogP contribution in [0.4, 0.5) is 0 Å². The van der Waals surface area contributed by atoms with Crippen molar-refractivity contribution >= 4 is 29.5 Å². The molecule has 0 fully saturated rings. The minimum Gasteiger partial charge on any atom is -0.550 e. The molecule has 1 unspecified atom stereocenters. The average Bonchev–Trinajstić information content (AvgIpc) is 2.24. The quantitative estimate of drug-likeness (QED) is 0.382. The second kappa shape index (κ2) is 15.2. The molecule has 5 heteroatoms. The van der Waals surface area contributed by atoms with Crippen LogP contribution in [-0.4, -0.2) is 28.5 Å². The van der Waals surface area contributed by atoms with E-state index in [0.29, 0.717) is 5.25 Å². The Kier molecular flexibility index (Phi) is 18.4. The van der Waals surface area contributed by atoms with E-state index in [2.05, 4.69) is 13.8 Å². The van der Waals surface area contributed by atoms with Gasteiger partial charge in [0, 0.05) is 11.2 Å². The van der Waals surface area contributed by atoms with Crippen LogP contribution in [0.5, 0.6) is 0 Å². The first-order valence-electron chi connectivity index (χ1n) is 6.09. The van der Waals surface area contributed by atoms with Crippen LogP contribution in [0.25, 0.3) is 0 Å². The van der Waals surface area contributed by atoms with E-state index in [-0.39, 0.29) is 36.0 Å². The van der Waals surface area contributed by atoms with Gasteiger partial charge in [0.15, 0.2) is 0 Å². The number of rotatable bonds is 11. The summed E-state index contributed by atoms with van der Waals surface area (Å²) in [4.78, 5) is 10.3. The van der Waals surface area contributed by atoms with Gasteiger partial charge in [-0.2, -0.15) is 23.5 Å². The van der Waals surface area contributed by atoms with Crippen molar-refractivity contribution in [2.24, 2.45) is 0 Å². The molecule has 1 atom stereocenters. The predicted octanol–water partition coefficient (Wildman–Crippen LogP) is -0.434. The molecule has 0 radical (unpaired) electrons. The predicted molar refractivity (Wildman–Crippen MR) is 73.0 cm³/mol. The molecule has 0 aliphatic rings. The van der Waals surface area contributed by atoms with E-state index in [1.54, 1.807) is 0 Å². The molecular formula is C12H23NaO2S2. The monoisotopic (exact) mass is 286 g/mol. The maximum atomic E-state index is 10.3. The van der Waals surface area contributed by atoms with Gasteiger partial charge in [-0.05, 0) is 42.9 Å². The normalized spacial score (nSPS) is 11.9. The Morgan fingerprint density at radius 2 is 1.88 bits per heavy atom. The van der Waals surface area contributed by atoms with Gasteiger partial charge in [0.25, 0.3) is 0 Å². The Labute approximate surface area is 136 Å². The average molecular weight is 286 g/mol. The third kappa shape index (κ3) is 15.1. The first-order valence-corrected chi connectivity index (χ1v) is 8.30. The fraction of sp³-hybridized carbons (Fsp3) is 0.917. The smallest absolute Gasteiger partial charge is 0.550 e. The summed E-state index contributed by atoms with van der Waals surface area (Å²) in [5.41, 5.74) is 0. The Hall–Kier alpha value is 1.17. The Morgan fingerprint density at radius 1 is 1.18 bits per heavy atom. The molecule has 0 rings (SSSR count). The van der Waals surface area contributed by atoms with Gasteiger partial charge >= 0.3 is 29.6 Å². The van der Waals surface area contributed by atoms with Crippen LogP contribution in [0.1, 0.15) is 46.0 Å². The van der Waals surface area contributed by atoms with Crippen LogP contribution in [0.3, 0.4) is 0 Å². The largest absolute Gasteiger partial charge is 1.00 e. The van der Waals surface area contributed by atoms with Crippen molar-refractivity contribution < 1.29 is 39.5 Å². The molecule has 0 aromatic carbocycles. The van der Waals surface area contributed by atoms with Crippen molar-refractivity contribution in [3.63, 3.8) is 0 Å². The molecule has 0 aliphatic carbocycles. The van der Waals surface area contributed by atoms with Crippen LogP contribution in [0.2, 0.25) is 0 Å². The van der Waals surface area contributed by atoms with Gasteiger partial charge in [0.2, 0.25) is 0 Å². The summed E-state index contributed by atoms with van der Waals surface area (Å²) in [6, 6.07) is 0. The van der Waals surface area contributed by atoms with Crippen molar-refractivity contribution in [2.45, 2.75) is 51.2 Å².